The second-order valence-electron chi connectivity index (χ2n) is 3.69. The molecule has 4 N–H and O–H groups in total. The second kappa shape index (κ2) is 7.10. The summed E-state index contributed by atoms with van der Waals surface area (Å²) in [5, 5.41) is 13.0. The van der Waals surface area contributed by atoms with E-state index in [9.17, 15) is 9.59 Å². The van der Waals surface area contributed by atoms with Gasteiger partial charge in [-0.05, 0) is 11.4 Å². The SMILES string of the molecule is COC(CNC(=O)C(N)c1cccs1)CC(=O)O. The minimum absolute atomic E-state index is 0.126. The summed E-state index contributed by atoms with van der Waals surface area (Å²) in [5.41, 5.74) is 5.75. The summed E-state index contributed by atoms with van der Waals surface area (Å²) in [6, 6.07) is 2.86. The zero-order valence-electron chi connectivity index (χ0n) is 9.96. The van der Waals surface area contributed by atoms with Gasteiger partial charge in [0.05, 0.1) is 12.5 Å². The highest BCUT2D eigenvalue weighted by Crippen LogP contribution is 2.16. The molecule has 0 saturated carbocycles. The largest absolute Gasteiger partial charge is 0.481 e. The summed E-state index contributed by atoms with van der Waals surface area (Å²) in [7, 11) is 1.40. The Kier molecular flexibility index (Phi) is 5.76. The van der Waals surface area contributed by atoms with Crippen molar-refractivity contribution in [2.45, 2.75) is 18.6 Å². The lowest BCUT2D eigenvalue weighted by atomic mass is 10.2. The van der Waals surface area contributed by atoms with E-state index >= 15 is 0 Å². The molecule has 18 heavy (non-hydrogen) atoms. The number of carbonyl (C=O) groups excluding carboxylic acids is 1. The Bertz CT molecular complexity index is 394. The average Bonchev–Trinajstić information content (AvgIpc) is 2.86. The van der Waals surface area contributed by atoms with Crippen molar-refractivity contribution < 1.29 is 19.4 Å². The van der Waals surface area contributed by atoms with Crippen LogP contribution in [0.4, 0.5) is 0 Å². The highest BCUT2D eigenvalue weighted by Gasteiger charge is 2.19. The number of nitrogens with two attached hydrogens (primary N) is 1. The predicted molar refractivity (Wildman–Crippen MR) is 67.3 cm³/mol. The molecular weight excluding hydrogens is 256 g/mol. The zero-order valence-corrected chi connectivity index (χ0v) is 10.8. The van der Waals surface area contributed by atoms with Gasteiger partial charge in [0.15, 0.2) is 0 Å². The van der Waals surface area contributed by atoms with Crippen LogP contribution in [0.3, 0.4) is 0 Å². The van der Waals surface area contributed by atoms with Gasteiger partial charge in [0, 0.05) is 18.5 Å². The molecule has 1 rings (SSSR count). The van der Waals surface area contributed by atoms with Crippen LogP contribution in [0.5, 0.6) is 0 Å². The number of aliphatic carboxylic acids is 1. The van der Waals surface area contributed by atoms with Crippen molar-refractivity contribution >= 4 is 23.2 Å². The van der Waals surface area contributed by atoms with Crippen LogP contribution in [-0.2, 0) is 14.3 Å². The van der Waals surface area contributed by atoms with Crippen LogP contribution in [0.25, 0.3) is 0 Å². The third-order valence-electron chi connectivity index (χ3n) is 2.37. The minimum Gasteiger partial charge on any atom is -0.481 e. The van der Waals surface area contributed by atoms with Crippen molar-refractivity contribution in [1.82, 2.24) is 5.32 Å². The summed E-state index contributed by atoms with van der Waals surface area (Å²) in [4.78, 5) is 23.0. The van der Waals surface area contributed by atoms with E-state index in [1.807, 2.05) is 11.4 Å². The van der Waals surface area contributed by atoms with Gasteiger partial charge < -0.3 is 20.9 Å². The Labute approximate surface area is 109 Å². The van der Waals surface area contributed by atoms with Crippen LogP contribution < -0.4 is 11.1 Å². The van der Waals surface area contributed by atoms with Gasteiger partial charge in [0.2, 0.25) is 5.91 Å². The van der Waals surface area contributed by atoms with Crippen molar-refractivity contribution in [3.63, 3.8) is 0 Å². The molecule has 0 aliphatic heterocycles. The van der Waals surface area contributed by atoms with Gasteiger partial charge in [0.25, 0.3) is 0 Å². The third-order valence-corrected chi connectivity index (χ3v) is 3.33. The molecule has 0 aliphatic rings. The van der Waals surface area contributed by atoms with Gasteiger partial charge >= 0.3 is 5.97 Å². The molecule has 0 bridgehead atoms. The first-order valence-electron chi connectivity index (χ1n) is 5.36. The Balaban J connectivity index is 2.42. The fraction of sp³-hybridized carbons (Fsp3) is 0.455. The number of methoxy groups -OCH3 is 1. The number of hydrogen-bond donors (Lipinski definition) is 3. The zero-order chi connectivity index (χ0) is 13.5. The number of carboxylic acid groups (broad SMARTS) is 1. The number of ether oxygens (including phenoxy) is 1. The molecule has 2 unspecified atom stereocenters. The quantitative estimate of drug-likeness (QED) is 0.665. The number of carboxylic acids is 1. The van der Waals surface area contributed by atoms with E-state index in [1.165, 1.54) is 18.4 Å². The van der Waals surface area contributed by atoms with Gasteiger partial charge in [-0.15, -0.1) is 11.3 Å². The standard InChI is InChI=1S/C11H16N2O4S/c1-17-7(5-9(14)15)6-13-11(16)10(12)8-3-2-4-18-8/h2-4,7,10H,5-6,12H2,1H3,(H,13,16)(H,14,15). The molecule has 1 aromatic rings. The lowest BCUT2D eigenvalue weighted by Gasteiger charge is -2.16. The predicted octanol–water partition coefficient (Wildman–Crippen LogP) is 0.354. The Hall–Kier alpha value is -1.44. The first kappa shape index (κ1) is 14.6. The molecule has 0 saturated heterocycles. The van der Waals surface area contributed by atoms with Crippen LogP contribution in [0.15, 0.2) is 17.5 Å². The van der Waals surface area contributed by atoms with Gasteiger partial charge in [-0.3, -0.25) is 9.59 Å². The number of hydrogen-bond acceptors (Lipinski definition) is 5. The first-order chi connectivity index (χ1) is 8.54. The smallest absolute Gasteiger partial charge is 0.306 e. The molecule has 100 valence electrons. The highest BCUT2D eigenvalue weighted by molar-refractivity contribution is 7.10. The monoisotopic (exact) mass is 272 g/mol. The normalized spacial score (nSPS) is 13.9. The van der Waals surface area contributed by atoms with Crippen LogP contribution in [-0.4, -0.2) is 36.7 Å². The van der Waals surface area contributed by atoms with Crippen molar-refractivity contribution in [1.29, 1.82) is 0 Å². The molecule has 1 aromatic heterocycles. The van der Waals surface area contributed by atoms with Crippen LogP contribution >= 0.6 is 11.3 Å². The number of nitrogens with one attached hydrogen (secondary N) is 1. The fourth-order valence-corrected chi connectivity index (χ4v) is 2.08. The van der Waals surface area contributed by atoms with Crippen molar-refractivity contribution in [2.75, 3.05) is 13.7 Å². The minimum atomic E-state index is -0.973. The maximum Gasteiger partial charge on any atom is 0.306 e. The molecule has 0 aliphatic carbocycles. The molecule has 6 nitrogen and oxygen atoms in total. The molecule has 0 radical (unpaired) electrons. The maximum atomic E-state index is 11.7. The Morgan fingerprint density at radius 1 is 1.61 bits per heavy atom. The summed E-state index contributed by atoms with van der Waals surface area (Å²) in [6.07, 6.45) is -0.715. The number of carbonyl (C=O) groups is 2. The van der Waals surface area contributed by atoms with Gasteiger partial charge in [-0.1, -0.05) is 6.07 Å². The maximum absolute atomic E-state index is 11.7. The van der Waals surface area contributed by atoms with Crippen molar-refractivity contribution in [3.8, 4) is 0 Å². The topological polar surface area (TPSA) is 102 Å². The van der Waals surface area contributed by atoms with Gasteiger partial charge in [0.1, 0.15) is 6.04 Å². The molecule has 1 amide bonds. The van der Waals surface area contributed by atoms with E-state index in [0.717, 1.165) is 4.88 Å². The molecule has 1 heterocycles. The first-order valence-corrected chi connectivity index (χ1v) is 6.23. The molecule has 2 atom stereocenters. The van der Waals surface area contributed by atoms with E-state index in [1.54, 1.807) is 6.07 Å². The van der Waals surface area contributed by atoms with E-state index in [4.69, 9.17) is 15.6 Å². The summed E-state index contributed by atoms with van der Waals surface area (Å²) in [6.45, 7) is 0.126. The molecule has 0 aromatic carbocycles. The van der Waals surface area contributed by atoms with Gasteiger partial charge in [-0.2, -0.15) is 0 Å². The van der Waals surface area contributed by atoms with Crippen molar-refractivity contribution in [3.05, 3.63) is 22.4 Å². The Morgan fingerprint density at radius 2 is 2.33 bits per heavy atom. The summed E-state index contributed by atoms with van der Waals surface area (Å²) < 4.78 is 4.95. The Morgan fingerprint density at radius 3 is 2.83 bits per heavy atom. The molecule has 0 fully saturated rings. The third kappa shape index (κ3) is 4.44. The highest BCUT2D eigenvalue weighted by atomic mass is 32.1. The van der Waals surface area contributed by atoms with E-state index in [2.05, 4.69) is 5.32 Å². The van der Waals surface area contributed by atoms with Crippen molar-refractivity contribution in [2.24, 2.45) is 5.73 Å². The number of thiophene rings is 1. The lowest BCUT2D eigenvalue weighted by molar-refractivity contribution is -0.140. The average molecular weight is 272 g/mol. The van der Waals surface area contributed by atoms with Crippen LogP contribution in [0.2, 0.25) is 0 Å². The molecule has 0 spiro atoms. The number of rotatable bonds is 7. The van der Waals surface area contributed by atoms with Gasteiger partial charge in [-0.25, -0.2) is 0 Å². The van der Waals surface area contributed by atoms with Crippen LogP contribution in [0.1, 0.15) is 17.3 Å². The van der Waals surface area contributed by atoms with E-state index in [0.29, 0.717) is 0 Å². The fourth-order valence-electron chi connectivity index (χ4n) is 1.36. The van der Waals surface area contributed by atoms with E-state index < -0.39 is 18.1 Å². The summed E-state index contributed by atoms with van der Waals surface area (Å²) in [5.74, 6) is -1.32. The van der Waals surface area contributed by atoms with Crippen LogP contribution in [0, 0.1) is 0 Å². The molecule has 7 heteroatoms. The summed E-state index contributed by atoms with van der Waals surface area (Å²) >= 11 is 1.40. The molecular formula is C11H16N2O4S. The second-order valence-corrected chi connectivity index (χ2v) is 4.67. The lowest BCUT2D eigenvalue weighted by Crippen LogP contribution is -2.39. The number of amides is 1. The van der Waals surface area contributed by atoms with E-state index in [-0.39, 0.29) is 18.9 Å².